The fourth-order valence-corrected chi connectivity index (χ4v) is 4.13. The number of likely N-dealkylation sites (tertiary alicyclic amines) is 1. The van der Waals surface area contributed by atoms with Crippen LogP contribution in [0.2, 0.25) is 0 Å². The summed E-state index contributed by atoms with van der Waals surface area (Å²) in [5.74, 6) is 1.26. The number of benzene rings is 1. The summed E-state index contributed by atoms with van der Waals surface area (Å²) in [6.45, 7) is 5.99. The van der Waals surface area contributed by atoms with Crippen molar-refractivity contribution >= 4 is 5.91 Å². The van der Waals surface area contributed by atoms with Crippen molar-refractivity contribution in [3.63, 3.8) is 0 Å². The molecule has 0 saturated carbocycles. The number of rotatable bonds is 6. The molecule has 0 aliphatic carbocycles. The van der Waals surface area contributed by atoms with Crippen molar-refractivity contribution in [2.75, 3.05) is 26.8 Å². The fourth-order valence-electron chi connectivity index (χ4n) is 4.13. The lowest BCUT2D eigenvalue weighted by atomic mass is 9.75. The Bertz CT molecular complexity index is 1040. The Morgan fingerprint density at radius 2 is 1.87 bits per heavy atom. The second-order valence-electron chi connectivity index (χ2n) is 8.27. The van der Waals surface area contributed by atoms with Gasteiger partial charge in [-0.1, -0.05) is 11.2 Å². The molecule has 1 aliphatic rings. The molecule has 162 valence electrons. The fraction of sp³-hybridized carbons (Fsp3) is 0.417. The van der Waals surface area contributed by atoms with Gasteiger partial charge in [0.05, 0.1) is 0 Å². The van der Waals surface area contributed by atoms with Gasteiger partial charge in [0.25, 0.3) is 11.8 Å². The van der Waals surface area contributed by atoms with E-state index >= 15 is 0 Å². The van der Waals surface area contributed by atoms with Gasteiger partial charge in [-0.25, -0.2) is 0 Å². The average Bonchev–Trinajstić information content (AvgIpc) is 3.31. The summed E-state index contributed by atoms with van der Waals surface area (Å²) in [5.41, 5.74) is 3.64. The van der Waals surface area contributed by atoms with Crippen LogP contribution in [-0.2, 0) is 10.2 Å². The molecule has 1 fully saturated rings. The Morgan fingerprint density at radius 3 is 2.55 bits per heavy atom. The smallest absolute Gasteiger partial charge is 0.258 e. The zero-order valence-electron chi connectivity index (χ0n) is 18.3. The number of amides is 1. The second-order valence-corrected chi connectivity index (χ2v) is 8.27. The van der Waals surface area contributed by atoms with Crippen LogP contribution in [0.3, 0.4) is 0 Å². The lowest BCUT2D eigenvalue weighted by Crippen LogP contribution is -2.46. The number of aryl methyl sites for hydroxylation is 2. The quantitative estimate of drug-likeness (QED) is 0.600. The van der Waals surface area contributed by atoms with E-state index in [0.29, 0.717) is 31.4 Å². The van der Waals surface area contributed by atoms with Crippen LogP contribution in [0, 0.1) is 13.8 Å². The van der Waals surface area contributed by atoms with Gasteiger partial charge in [0, 0.05) is 55.7 Å². The van der Waals surface area contributed by atoms with Crippen molar-refractivity contribution in [3.05, 3.63) is 65.2 Å². The maximum Gasteiger partial charge on any atom is 0.258 e. The largest absolute Gasteiger partial charge is 0.385 e. The van der Waals surface area contributed by atoms with Gasteiger partial charge in [0.2, 0.25) is 0 Å². The normalized spacial score (nSPS) is 15.8. The van der Waals surface area contributed by atoms with Crippen LogP contribution in [0.25, 0.3) is 11.5 Å². The molecule has 2 aromatic heterocycles. The Labute approximate surface area is 182 Å². The van der Waals surface area contributed by atoms with Crippen LogP contribution < -0.4 is 0 Å². The molecule has 7 heteroatoms. The summed E-state index contributed by atoms with van der Waals surface area (Å²) >= 11 is 0. The summed E-state index contributed by atoms with van der Waals surface area (Å²) in [5, 5.41) is 4.33. The number of hydrogen-bond donors (Lipinski definition) is 0. The zero-order chi connectivity index (χ0) is 21.8. The van der Waals surface area contributed by atoms with Gasteiger partial charge < -0.3 is 14.2 Å². The molecule has 1 aromatic carbocycles. The number of pyridine rings is 1. The van der Waals surface area contributed by atoms with Crippen LogP contribution in [0.1, 0.15) is 46.6 Å². The van der Waals surface area contributed by atoms with Crippen LogP contribution in [0.5, 0.6) is 0 Å². The van der Waals surface area contributed by atoms with Crippen molar-refractivity contribution in [3.8, 4) is 11.5 Å². The standard InChI is InChI=1S/C24H28N4O3/c1-17-4-5-20(16-18(17)2)22(29)28-13-8-24(9-14-28,10-15-30-3)23-26-21(31-27-23)19-6-11-25-12-7-19/h4-7,11-12,16H,8-10,13-15H2,1-3H3. The van der Waals surface area contributed by atoms with E-state index < -0.39 is 0 Å². The zero-order valence-corrected chi connectivity index (χ0v) is 18.3. The highest BCUT2D eigenvalue weighted by atomic mass is 16.5. The molecule has 0 bridgehead atoms. The van der Waals surface area contributed by atoms with Gasteiger partial charge in [0.15, 0.2) is 5.82 Å². The lowest BCUT2D eigenvalue weighted by Gasteiger charge is -2.39. The van der Waals surface area contributed by atoms with Gasteiger partial charge in [-0.05, 0) is 68.5 Å². The predicted octanol–water partition coefficient (Wildman–Crippen LogP) is 3.96. The van der Waals surface area contributed by atoms with E-state index in [2.05, 4.69) is 17.1 Å². The summed E-state index contributed by atoms with van der Waals surface area (Å²) in [6, 6.07) is 9.60. The van der Waals surface area contributed by atoms with Crippen molar-refractivity contribution < 1.29 is 14.1 Å². The van der Waals surface area contributed by atoms with Crippen molar-refractivity contribution in [2.24, 2.45) is 0 Å². The number of hydrogen-bond acceptors (Lipinski definition) is 6. The first-order valence-corrected chi connectivity index (χ1v) is 10.6. The molecule has 0 spiro atoms. The average molecular weight is 421 g/mol. The molecule has 1 aliphatic heterocycles. The molecule has 3 aromatic rings. The number of carbonyl (C=O) groups is 1. The van der Waals surface area contributed by atoms with E-state index in [1.165, 1.54) is 5.56 Å². The SMILES string of the molecule is COCCC1(c2noc(-c3ccncc3)n2)CCN(C(=O)c2ccc(C)c(C)c2)CC1. The third-order valence-corrected chi connectivity index (χ3v) is 6.37. The maximum atomic E-state index is 13.1. The Balaban J connectivity index is 1.53. The minimum absolute atomic E-state index is 0.0778. The molecule has 0 unspecified atom stereocenters. The number of methoxy groups -OCH3 is 1. The summed E-state index contributed by atoms with van der Waals surface area (Å²) < 4.78 is 10.9. The maximum absolute atomic E-state index is 13.1. The molecule has 0 N–H and O–H groups in total. The first-order valence-electron chi connectivity index (χ1n) is 10.6. The number of aromatic nitrogens is 3. The van der Waals surface area contributed by atoms with E-state index in [1.54, 1.807) is 19.5 Å². The van der Waals surface area contributed by atoms with Gasteiger partial charge in [-0.2, -0.15) is 4.98 Å². The number of nitrogens with zero attached hydrogens (tertiary/aromatic N) is 4. The Kier molecular flexibility index (Phi) is 6.13. The second kappa shape index (κ2) is 8.98. The van der Waals surface area contributed by atoms with E-state index in [-0.39, 0.29) is 11.3 Å². The molecule has 1 amide bonds. The van der Waals surface area contributed by atoms with Crippen LogP contribution >= 0.6 is 0 Å². The van der Waals surface area contributed by atoms with Crippen molar-refractivity contribution in [1.82, 2.24) is 20.0 Å². The number of ether oxygens (including phenoxy) is 1. The van der Waals surface area contributed by atoms with E-state index in [1.807, 2.05) is 42.2 Å². The molecule has 1 saturated heterocycles. The van der Waals surface area contributed by atoms with E-state index in [0.717, 1.165) is 36.0 Å². The molecule has 3 heterocycles. The number of piperidine rings is 1. The Morgan fingerprint density at radius 1 is 1.13 bits per heavy atom. The summed E-state index contributed by atoms with van der Waals surface area (Å²) in [6.07, 6.45) is 5.72. The lowest BCUT2D eigenvalue weighted by molar-refractivity contribution is 0.0616. The van der Waals surface area contributed by atoms with Gasteiger partial charge >= 0.3 is 0 Å². The van der Waals surface area contributed by atoms with Crippen LogP contribution in [0.15, 0.2) is 47.2 Å². The first kappa shape index (κ1) is 21.2. The summed E-state index contributed by atoms with van der Waals surface area (Å²) in [7, 11) is 1.70. The minimum Gasteiger partial charge on any atom is -0.385 e. The van der Waals surface area contributed by atoms with Crippen LogP contribution in [0.4, 0.5) is 0 Å². The predicted molar refractivity (Wildman–Crippen MR) is 117 cm³/mol. The molecule has 7 nitrogen and oxygen atoms in total. The summed E-state index contributed by atoms with van der Waals surface area (Å²) in [4.78, 5) is 23.7. The Hall–Kier alpha value is -3.06. The third-order valence-electron chi connectivity index (χ3n) is 6.37. The first-order chi connectivity index (χ1) is 15.0. The molecule has 4 rings (SSSR count). The monoisotopic (exact) mass is 420 g/mol. The molecule has 0 atom stereocenters. The van der Waals surface area contributed by atoms with E-state index in [9.17, 15) is 4.79 Å². The highest BCUT2D eigenvalue weighted by molar-refractivity contribution is 5.94. The van der Waals surface area contributed by atoms with Crippen molar-refractivity contribution in [2.45, 2.75) is 38.5 Å². The van der Waals surface area contributed by atoms with E-state index in [4.69, 9.17) is 14.2 Å². The van der Waals surface area contributed by atoms with Gasteiger partial charge in [0.1, 0.15) is 0 Å². The highest BCUT2D eigenvalue weighted by Crippen LogP contribution is 2.38. The third kappa shape index (κ3) is 4.37. The number of carbonyl (C=O) groups excluding carboxylic acids is 1. The molecule has 31 heavy (non-hydrogen) atoms. The molecular weight excluding hydrogens is 392 g/mol. The van der Waals surface area contributed by atoms with Crippen molar-refractivity contribution in [1.29, 1.82) is 0 Å². The minimum atomic E-state index is -0.273. The van der Waals surface area contributed by atoms with Gasteiger partial charge in [-0.15, -0.1) is 0 Å². The highest BCUT2D eigenvalue weighted by Gasteiger charge is 2.41. The molecular formula is C24H28N4O3. The molecule has 0 radical (unpaired) electrons. The van der Waals surface area contributed by atoms with Crippen LogP contribution in [-0.4, -0.2) is 52.7 Å². The topological polar surface area (TPSA) is 81.3 Å². The van der Waals surface area contributed by atoms with Gasteiger partial charge in [-0.3, -0.25) is 9.78 Å².